The van der Waals surface area contributed by atoms with Crippen LogP contribution in [0.4, 0.5) is 5.69 Å². The number of nitrogens with one attached hydrogen (secondary N) is 1. The van der Waals surface area contributed by atoms with Gasteiger partial charge >= 0.3 is 0 Å². The minimum Gasteiger partial charge on any atom is -0.311 e. The van der Waals surface area contributed by atoms with E-state index in [9.17, 15) is 10.1 Å². The Morgan fingerprint density at radius 1 is 1.37 bits per heavy atom. The van der Waals surface area contributed by atoms with E-state index in [0.717, 1.165) is 17.7 Å². The zero-order valence-corrected chi connectivity index (χ0v) is 12.4. The van der Waals surface area contributed by atoms with E-state index >= 15 is 0 Å². The van der Waals surface area contributed by atoms with E-state index in [1.165, 1.54) is 0 Å². The van der Waals surface area contributed by atoms with Crippen LogP contribution >= 0.6 is 0 Å². The number of hydrogen-bond donors (Lipinski definition) is 1. The average Bonchev–Trinajstić information content (AvgIpc) is 2.30. The molecule has 0 aromatic heterocycles. The highest BCUT2D eigenvalue weighted by Gasteiger charge is 2.20. The Morgan fingerprint density at radius 2 is 2.00 bits per heavy atom. The minimum atomic E-state index is -0.331. The summed E-state index contributed by atoms with van der Waals surface area (Å²) in [4.78, 5) is 12.7. The van der Waals surface area contributed by atoms with Crippen molar-refractivity contribution in [2.24, 2.45) is 0 Å². The Hall–Kier alpha value is -1.46. The molecule has 1 rings (SSSR count). The summed E-state index contributed by atoms with van der Waals surface area (Å²) in [7, 11) is 4.08. The van der Waals surface area contributed by atoms with Gasteiger partial charge in [0.2, 0.25) is 0 Å². The molecule has 0 bridgehead atoms. The van der Waals surface area contributed by atoms with Gasteiger partial charge in [0.05, 0.1) is 4.92 Å². The number of benzene rings is 1. The van der Waals surface area contributed by atoms with Crippen LogP contribution in [0.15, 0.2) is 18.2 Å². The molecular weight excluding hydrogens is 242 g/mol. The maximum absolute atomic E-state index is 10.9. The summed E-state index contributed by atoms with van der Waals surface area (Å²) in [5.41, 5.74) is 1.95. The summed E-state index contributed by atoms with van der Waals surface area (Å²) in [6.45, 7) is 7.57. The monoisotopic (exact) mass is 265 g/mol. The van der Waals surface area contributed by atoms with E-state index in [4.69, 9.17) is 0 Å². The van der Waals surface area contributed by atoms with Gasteiger partial charge < -0.3 is 10.2 Å². The van der Waals surface area contributed by atoms with Gasteiger partial charge in [-0.1, -0.05) is 12.1 Å². The number of nitro groups is 1. The molecule has 5 nitrogen and oxygen atoms in total. The summed E-state index contributed by atoms with van der Waals surface area (Å²) >= 11 is 0. The van der Waals surface area contributed by atoms with Gasteiger partial charge in [0.25, 0.3) is 5.69 Å². The minimum absolute atomic E-state index is 0.0502. The van der Waals surface area contributed by atoms with Gasteiger partial charge in [-0.25, -0.2) is 0 Å². The van der Waals surface area contributed by atoms with E-state index in [1.54, 1.807) is 19.1 Å². The van der Waals surface area contributed by atoms with Crippen molar-refractivity contribution in [1.82, 2.24) is 10.2 Å². The molecule has 0 fully saturated rings. The molecule has 0 amide bonds. The predicted octanol–water partition coefficient (Wildman–Crippen LogP) is 2.33. The largest absolute Gasteiger partial charge is 0.311 e. The van der Waals surface area contributed by atoms with Crippen LogP contribution in [-0.4, -0.2) is 36.0 Å². The molecule has 0 radical (unpaired) electrons. The van der Waals surface area contributed by atoms with E-state index in [2.05, 4.69) is 24.1 Å². The molecule has 0 aliphatic rings. The fourth-order valence-corrected chi connectivity index (χ4v) is 1.72. The molecule has 0 saturated carbocycles. The van der Waals surface area contributed by atoms with E-state index in [0.29, 0.717) is 6.54 Å². The molecule has 106 valence electrons. The lowest BCUT2D eigenvalue weighted by atomic mass is 10.0. The van der Waals surface area contributed by atoms with E-state index < -0.39 is 0 Å². The zero-order valence-electron chi connectivity index (χ0n) is 12.4. The quantitative estimate of drug-likeness (QED) is 0.633. The van der Waals surface area contributed by atoms with Crippen molar-refractivity contribution in [3.8, 4) is 0 Å². The first-order chi connectivity index (χ1) is 8.75. The molecule has 0 saturated heterocycles. The first kappa shape index (κ1) is 15.6. The normalized spacial score (nSPS) is 11.9. The highest BCUT2D eigenvalue weighted by atomic mass is 16.6. The molecule has 0 aliphatic heterocycles. The van der Waals surface area contributed by atoms with E-state index in [1.807, 2.05) is 20.2 Å². The third kappa shape index (κ3) is 4.01. The predicted molar refractivity (Wildman–Crippen MR) is 77.3 cm³/mol. The van der Waals surface area contributed by atoms with Crippen LogP contribution in [-0.2, 0) is 6.54 Å². The SMILES string of the molecule is Cc1c(CNCC(C)(C)N(C)C)cccc1[N+](=O)[O-]. The third-order valence-corrected chi connectivity index (χ3v) is 3.70. The fraction of sp³-hybridized carbons (Fsp3) is 0.571. The number of nitro benzene ring substituents is 1. The maximum Gasteiger partial charge on any atom is 0.272 e. The summed E-state index contributed by atoms with van der Waals surface area (Å²) in [5.74, 6) is 0. The summed E-state index contributed by atoms with van der Waals surface area (Å²) in [6, 6.07) is 5.21. The Bertz CT molecular complexity index is 456. The lowest BCUT2D eigenvalue weighted by Gasteiger charge is -2.32. The third-order valence-electron chi connectivity index (χ3n) is 3.70. The van der Waals surface area contributed by atoms with Gasteiger partial charge in [-0.2, -0.15) is 0 Å². The Morgan fingerprint density at radius 3 is 2.53 bits per heavy atom. The Kier molecular flexibility index (Phi) is 5.03. The lowest BCUT2D eigenvalue weighted by Crippen LogP contribution is -2.46. The van der Waals surface area contributed by atoms with Crippen LogP contribution in [0.1, 0.15) is 25.0 Å². The first-order valence-corrected chi connectivity index (χ1v) is 6.37. The van der Waals surface area contributed by atoms with Crippen molar-refractivity contribution in [2.75, 3.05) is 20.6 Å². The van der Waals surface area contributed by atoms with Gasteiger partial charge in [0.15, 0.2) is 0 Å². The molecule has 0 aliphatic carbocycles. The highest BCUT2D eigenvalue weighted by molar-refractivity contribution is 5.44. The number of likely N-dealkylation sites (N-methyl/N-ethyl adjacent to an activating group) is 1. The van der Waals surface area contributed by atoms with Crippen molar-refractivity contribution in [3.63, 3.8) is 0 Å². The molecule has 1 N–H and O–H groups in total. The summed E-state index contributed by atoms with van der Waals surface area (Å²) in [5, 5.41) is 14.2. The van der Waals surface area contributed by atoms with Gasteiger partial charge in [0, 0.05) is 30.3 Å². The topological polar surface area (TPSA) is 58.4 Å². The van der Waals surface area contributed by atoms with Crippen LogP contribution in [0.5, 0.6) is 0 Å². The fourth-order valence-electron chi connectivity index (χ4n) is 1.72. The molecule has 0 spiro atoms. The summed E-state index contributed by atoms with van der Waals surface area (Å²) < 4.78 is 0. The molecule has 5 heteroatoms. The second-order valence-corrected chi connectivity index (χ2v) is 5.63. The molecule has 19 heavy (non-hydrogen) atoms. The summed E-state index contributed by atoms with van der Waals surface area (Å²) in [6.07, 6.45) is 0. The van der Waals surface area contributed by atoms with Crippen LogP contribution in [0.3, 0.4) is 0 Å². The molecule has 0 unspecified atom stereocenters. The van der Waals surface area contributed by atoms with Crippen molar-refractivity contribution < 1.29 is 4.92 Å². The number of rotatable bonds is 6. The van der Waals surface area contributed by atoms with Gasteiger partial charge in [-0.15, -0.1) is 0 Å². The number of nitrogens with zero attached hydrogens (tertiary/aromatic N) is 2. The van der Waals surface area contributed by atoms with Crippen LogP contribution in [0, 0.1) is 17.0 Å². The van der Waals surface area contributed by atoms with Crippen molar-refractivity contribution in [1.29, 1.82) is 0 Å². The van der Waals surface area contributed by atoms with Crippen molar-refractivity contribution in [3.05, 3.63) is 39.4 Å². The maximum atomic E-state index is 10.9. The highest BCUT2D eigenvalue weighted by Crippen LogP contribution is 2.21. The molecule has 1 aromatic rings. The molecular formula is C14H23N3O2. The van der Waals surface area contributed by atoms with Gasteiger partial charge in [-0.3, -0.25) is 10.1 Å². The van der Waals surface area contributed by atoms with Crippen molar-refractivity contribution >= 4 is 5.69 Å². The second kappa shape index (κ2) is 6.12. The van der Waals surface area contributed by atoms with Gasteiger partial charge in [0.1, 0.15) is 0 Å². The van der Waals surface area contributed by atoms with Crippen LogP contribution in [0.25, 0.3) is 0 Å². The zero-order chi connectivity index (χ0) is 14.6. The Labute approximate surface area is 114 Å². The van der Waals surface area contributed by atoms with Crippen LogP contribution in [0.2, 0.25) is 0 Å². The molecule has 0 heterocycles. The van der Waals surface area contributed by atoms with E-state index in [-0.39, 0.29) is 16.1 Å². The number of hydrogen-bond acceptors (Lipinski definition) is 4. The molecule has 1 aromatic carbocycles. The standard InChI is InChI=1S/C14H23N3O2/c1-11-12(7-6-8-13(11)17(18)19)9-15-10-14(2,3)16(4)5/h6-8,15H,9-10H2,1-5H3. The van der Waals surface area contributed by atoms with Gasteiger partial charge in [-0.05, 0) is 40.4 Å². The first-order valence-electron chi connectivity index (χ1n) is 6.37. The van der Waals surface area contributed by atoms with Crippen molar-refractivity contribution in [2.45, 2.75) is 32.9 Å². The average molecular weight is 265 g/mol. The lowest BCUT2D eigenvalue weighted by molar-refractivity contribution is -0.385. The smallest absolute Gasteiger partial charge is 0.272 e. The molecule has 0 atom stereocenters. The van der Waals surface area contributed by atoms with Crippen LogP contribution < -0.4 is 5.32 Å². The Balaban J connectivity index is 2.69. The second-order valence-electron chi connectivity index (χ2n) is 5.63.